The maximum Gasteiger partial charge on any atom is 0.416 e. The summed E-state index contributed by atoms with van der Waals surface area (Å²) in [6.45, 7) is 4.54. The molecule has 0 radical (unpaired) electrons. The van der Waals surface area contributed by atoms with Crippen LogP contribution in [0.25, 0.3) is 11.3 Å². The molecule has 0 amide bonds. The Morgan fingerprint density at radius 1 is 1.00 bits per heavy atom. The van der Waals surface area contributed by atoms with E-state index < -0.39 is 11.7 Å². The van der Waals surface area contributed by atoms with Crippen molar-refractivity contribution in [1.82, 2.24) is 9.55 Å². The van der Waals surface area contributed by atoms with Crippen LogP contribution in [0.1, 0.15) is 22.3 Å². The Morgan fingerprint density at radius 3 is 2.31 bits per heavy atom. The van der Waals surface area contributed by atoms with E-state index in [0.29, 0.717) is 12.5 Å². The third-order valence-electron chi connectivity index (χ3n) is 4.52. The largest absolute Gasteiger partial charge is 0.416 e. The SMILES string of the molecule is Cc1ccc(-c2cnc(NCc3ccc(C(F)(F)F)cc3)n2C)cc1C. The lowest BCUT2D eigenvalue weighted by atomic mass is 10.0. The maximum absolute atomic E-state index is 12.6. The molecule has 0 atom stereocenters. The van der Waals surface area contributed by atoms with Gasteiger partial charge in [-0.3, -0.25) is 0 Å². The average Bonchev–Trinajstić information content (AvgIpc) is 2.96. The van der Waals surface area contributed by atoms with E-state index in [1.165, 1.54) is 23.3 Å². The van der Waals surface area contributed by atoms with Crippen LogP contribution >= 0.6 is 0 Å². The molecule has 2 aromatic carbocycles. The van der Waals surface area contributed by atoms with Crippen molar-refractivity contribution in [3.05, 3.63) is 70.9 Å². The highest BCUT2D eigenvalue weighted by atomic mass is 19.4. The highest BCUT2D eigenvalue weighted by Gasteiger charge is 2.29. The molecule has 136 valence electrons. The monoisotopic (exact) mass is 359 g/mol. The normalized spacial score (nSPS) is 11.6. The van der Waals surface area contributed by atoms with E-state index in [9.17, 15) is 13.2 Å². The van der Waals surface area contributed by atoms with Crippen LogP contribution in [0.5, 0.6) is 0 Å². The zero-order chi connectivity index (χ0) is 18.9. The number of hydrogen-bond acceptors (Lipinski definition) is 2. The minimum absolute atomic E-state index is 0.398. The molecule has 0 saturated carbocycles. The van der Waals surface area contributed by atoms with Crippen molar-refractivity contribution < 1.29 is 13.2 Å². The van der Waals surface area contributed by atoms with Crippen LogP contribution < -0.4 is 5.32 Å². The number of rotatable bonds is 4. The van der Waals surface area contributed by atoms with E-state index >= 15 is 0 Å². The van der Waals surface area contributed by atoms with Gasteiger partial charge in [-0.2, -0.15) is 13.2 Å². The molecule has 6 heteroatoms. The van der Waals surface area contributed by atoms with Gasteiger partial charge in [-0.1, -0.05) is 24.3 Å². The van der Waals surface area contributed by atoms with Crippen molar-refractivity contribution in [1.29, 1.82) is 0 Å². The first-order valence-corrected chi connectivity index (χ1v) is 8.25. The lowest BCUT2D eigenvalue weighted by molar-refractivity contribution is -0.137. The molecule has 0 bridgehead atoms. The number of benzene rings is 2. The number of hydrogen-bond donors (Lipinski definition) is 1. The fraction of sp³-hybridized carbons (Fsp3) is 0.250. The number of aromatic nitrogens is 2. The zero-order valence-corrected chi connectivity index (χ0v) is 14.9. The van der Waals surface area contributed by atoms with Crippen LogP contribution in [0.15, 0.2) is 48.7 Å². The number of imidazole rings is 1. The summed E-state index contributed by atoms with van der Waals surface area (Å²) in [6.07, 6.45) is -2.52. The zero-order valence-electron chi connectivity index (χ0n) is 14.9. The van der Waals surface area contributed by atoms with Crippen LogP contribution in [-0.2, 0) is 19.8 Å². The van der Waals surface area contributed by atoms with Gasteiger partial charge in [0.25, 0.3) is 0 Å². The molecule has 1 aromatic heterocycles. The Hall–Kier alpha value is -2.76. The summed E-state index contributed by atoms with van der Waals surface area (Å²) in [5.41, 5.74) is 4.61. The number of nitrogens with zero attached hydrogens (tertiary/aromatic N) is 2. The first-order valence-electron chi connectivity index (χ1n) is 8.25. The van der Waals surface area contributed by atoms with E-state index in [0.717, 1.165) is 29.0 Å². The predicted octanol–water partition coefficient (Wildman–Crippen LogP) is 5.33. The van der Waals surface area contributed by atoms with Crippen molar-refractivity contribution in [3.63, 3.8) is 0 Å². The van der Waals surface area contributed by atoms with Crippen LogP contribution in [0.2, 0.25) is 0 Å². The summed E-state index contributed by atoms with van der Waals surface area (Å²) in [4.78, 5) is 4.39. The fourth-order valence-electron chi connectivity index (χ4n) is 2.74. The third-order valence-corrected chi connectivity index (χ3v) is 4.52. The van der Waals surface area contributed by atoms with Crippen molar-refractivity contribution in [2.24, 2.45) is 7.05 Å². The molecule has 1 heterocycles. The number of nitrogens with one attached hydrogen (secondary N) is 1. The Kier molecular flexibility index (Phi) is 4.76. The van der Waals surface area contributed by atoms with Gasteiger partial charge in [-0.15, -0.1) is 0 Å². The lowest BCUT2D eigenvalue weighted by Gasteiger charge is -2.11. The van der Waals surface area contributed by atoms with Crippen molar-refractivity contribution >= 4 is 5.95 Å². The Labute approximate surface area is 150 Å². The number of halogens is 3. The van der Waals surface area contributed by atoms with Crippen molar-refractivity contribution in [2.45, 2.75) is 26.6 Å². The van der Waals surface area contributed by atoms with Crippen LogP contribution in [0.4, 0.5) is 19.1 Å². The maximum atomic E-state index is 12.6. The molecular formula is C20H20F3N3. The van der Waals surface area contributed by atoms with Crippen LogP contribution in [0, 0.1) is 13.8 Å². The van der Waals surface area contributed by atoms with E-state index in [2.05, 4.69) is 42.3 Å². The Balaban J connectivity index is 1.73. The number of aryl methyl sites for hydroxylation is 2. The highest BCUT2D eigenvalue weighted by molar-refractivity contribution is 5.63. The van der Waals surface area contributed by atoms with Gasteiger partial charge in [0, 0.05) is 19.2 Å². The van der Waals surface area contributed by atoms with E-state index in [-0.39, 0.29) is 0 Å². The highest BCUT2D eigenvalue weighted by Crippen LogP contribution is 2.29. The molecule has 1 N–H and O–H groups in total. The minimum Gasteiger partial charge on any atom is -0.352 e. The van der Waals surface area contributed by atoms with Gasteiger partial charge in [0.15, 0.2) is 0 Å². The molecule has 0 saturated heterocycles. The Morgan fingerprint density at radius 2 is 1.69 bits per heavy atom. The third kappa shape index (κ3) is 3.74. The summed E-state index contributed by atoms with van der Waals surface area (Å²) in [7, 11) is 1.91. The summed E-state index contributed by atoms with van der Waals surface area (Å²) in [6, 6.07) is 11.4. The molecule has 3 nitrogen and oxygen atoms in total. The molecular weight excluding hydrogens is 339 g/mol. The van der Waals surface area contributed by atoms with E-state index in [1.54, 1.807) is 6.20 Å². The van der Waals surface area contributed by atoms with Crippen LogP contribution in [-0.4, -0.2) is 9.55 Å². The summed E-state index contributed by atoms with van der Waals surface area (Å²) in [5, 5.41) is 3.17. The first-order chi connectivity index (χ1) is 12.3. The first kappa shape index (κ1) is 18.0. The molecule has 0 unspecified atom stereocenters. The second-order valence-corrected chi connectivity index (χ2v) is 6.37. The second-order valence-electron chi connectivity index (χ2n) is 6.37. The molecule has 26 heavy (non-hydrogen) atoms. The van der Waals surface area contributed by atoms with Gasteiger partial charge < -0.3 is 9.88 Å². The molecule has 0 aliphatic heterocycles. The lowest BCUT2D eigenvalue weighted by Crippen LogP contribution is -2.07. The van der Waals surface area contributed by atoms with Crippen LogP contribution in [0.3, 0.4) is 0 Å². The summed E-state index contributed by atoms with van der Waals surface area (Å²) >= 11 is 0. The molecule has 0 fully saturated rings. The predicted molar refractivity (Wildman–Crippen MR) is 96.9 cm³/mol. The molecule has 0 spiro atoms. The van der Waals surface area contributed by atoms with Gasteiger partial charge in [0.2, 0.25) is 5.95 Å². The smallest absolute Gasteiger partial charge is 0.352 e. The van der Waals surface area contributed by atoms with Gasteiger partial charge in [-0.25, -0.2) is 4.98 Å². The second kappa shape index (κ2) is 6.86. The molecule has 3 rings (SSSR count). The van der Waals surface area contributed by atoms with Crippen molar-refractivity contribution in [3.8, 4) is 11.3 Å². The Bertz CT molecular complexity index is 909. The molecule has 3 aromatic rings. The fourth-order valence-corrected chi connectivity index (χ4v) is 2.74. The molecule has 0 aliphatic carbocycles. The van der Waals surface area contributed by atoms with Gasteiger partial charge in [-0.05, 0) is 48.7 Å². The van der Waals surface area contributed by atoms with Gasteiger partial charge in [0.1, 0.15) is 0 Å². The summed E-state index contributed by atoms with van der Waals surface area (Å²) in [5.74, 6) is 0.665. The topological polar surface area (TPSA) is 29.9 Å². The van der Waals surface area contributed by atoms with Crippen molar-refractivity contribution in [2.75, 3.05) is 5.32 Å². The average molecular weight is 359 g/mol. The number of anilines is 1. The summed E-state index contributed by atoms with van der Waals surface area (Å²) < 4.78 is 39.8. The van der Waals surface area contributed by atoms with E-state index in [4.69, 9.17) is 0 Å². The van der Waals surface area contributed by atoms with Gasteiger partial charge in [0.05, 0.1) is 17.5 Å². The number of alkyl halides is 3. The quantitative estimate of drug-likeness (QED) is 0.682. The minimum atomic E-state index is -4.31. The standard InChI is InChI=1S/C20H20F3N3/c1-13-4-7-16(10-14(13)2)18-12-25-19(26(18)3)24-11-15-5-8-17(9-6-15)20(21,22)23/h4-10,12H,11H2,1-3H3,(H,24,25). The van der Waals surface area contributed by atoms with E-state index in [1.807, 2.05) is 11.6 Å². The molecule has 0 aliphatic rings. The van der Waals surface area contributed by atoms with Gasteiger partial charge >= 0.3 is 6.18 Å².